The van der Waals surface area contributed by atoms with Crippen molar-refractivity contribution < 1.29 is 14.6 Å². The molecule has 1 aromatic rings. The molecule has 5 heteroatoms. The molecule has 1 fully saturated rings. The fourth-order valence-corrected chi connectivity index (χ4v) is 2.21. The lowest BCUT2D eigenvalue weighted by molar-refractivity contribution is -0.140. The zero-order valence-electron chi connectivity index (χ0n) is 11.1. The zero-order chi connectivity index (χ0) is 13.7. The van der Waals surface area contributed by atoms with Crippen molar-refractivity contribution in [1.82, 2.24) is 10.2 Å². The Morgan fingerprint density at radius 3 is 2.89 bits per heavy atom. The van der Waals surface area contributed by atoms with Gasteiger partial charge in [0.25, 0.3) is 5.91 Å². The molecule has 104 valence electrons. The molecule has 1 saturated heterocycles. The number of hydrogen-bond acceptors (Lipinski definition) is 4. The Hall–Kier alpha value is -1.59. The molecular formula is C14H20N2O3. The second kappa shape index (κ2) is 6.54. The average molecular weight is 264 g/mol. The molecule has 1 aliphatic heterocycles. The fourth-order valence-electron chi connectivity index (χ4n) is 2.21. The van der Waals surface area contributed by atoms with E-state index in [9.17, 15) is 9.90 Å². The number of nitrogens with one attached hydrogen (secondary N) is 1. The normalized spacial score (nSPS) is 17.1. The monoisotopic (exact) mass is 264 g/mol. The van der Waals surface area contributed by atoms with Crippen LogP contribution in [0.5, 0.6) is 5.75 Å². The van der Waals surface area contributed by atoms with E-state index in [1.807, 2.05) is 24.3 Å². The first-order chi connectivity index (χ1) is 9.20. The predicted molar refractivity (Wildman–Crippen MR) is 72.2 cm³/mol. The van der Waals surface area contributed by atoms with Gasteiger partial charge in [-0.15, -0.1) is 0 Å². The summed E-state index contributed by atoms with van der Waals surface area (Å²) < 4.78 is 5.13. The van der Waals surface area contributed by atoms with Gasteiger partial charge in [0.05, 0.1) is 7.11 Å². The summed E-state index contributed by atoms with van der Waals surface area (Å²) in [6, 6.07) is 7.43. The molecule has 1 amide bonds. The van der Waals surface area contributed by atoms with Crippen LogP contribution in [0.15, 0.2) is 24.3 Å². The number of methoxy groups -OCH3 is 1. The molecule has 0 spiro atoms. The van der Waals surface area contributed by atoms with E-state index in [-0.39, 0.29) is 5.91 Å². The highest BCUT2D eigenvalue weighted by atomic mass is 16.5. The van der Waals surface area contributed by atoms with E-state index in [1.165, 1.54) is 0 Å². The van der Waals surface area contributed by atoms with Crippen LogP contribution in [0.3, 0.4) is 0 Å². The predicted octanol–water partition coefficient (Wildman–Crippen LogP) is 0.0304. The summed E-state index contributed by atoms with van der Waals surface area (Å²) in [7, 11) is 1.60. The van der Waals surface area contributed by atoms with Crippen LogP contribution in [0.1, 0.15) is 5.56 Å². The number of benzene rings is 1. The van der Waals surface area contributed by atoms with Gasteiger partial charge in [0.15, 0.2) is 0 Å². The van der Waals surface area contributed by atoms with Crippen LogP contribution in [0.2, 0.25) is 0 Å². The number of nitrogens with zero attached hydrogens (tertiary/aromatic N) is 1. The zero-order valence-corrected chi connectivity index (χ0v) is 11.1. The van der Waals surface area contributed by atoms with Crippen molar-refractivity contribution in [2.24, 2.45) is 0 Å². The van der Waals surface area contributed by atoms with Gasteiger partial charge in [0, 0.05) is 32.6 Å². The highest BCUT2D eigenvalue weighted by Gasteiger charge is 2.23. The molecule has 0 bridgehead atoms. The first-order valence-electron chi connectivity index (χ1n) is 6.51. The number of carbonyl (C=O) groups excluding carboxylic acids is 1. The SMILES string of the molecule is COc1cccc(CC(O)C(=O)N2CCNCC2)c1. The van der Waals surface area contributed by atoms with E-state index in [0.717, 1.165) is 24.4 Å². The number of amides is 1. The van der Waals surface area contributed by atoms with Gasteiger partial charge in [-0.2, -0.15) is 0 Å². The molecule has 5 nitrogen and oxygen atoms in total. The lowest BCUT2D eigenvalue weighted by Crippen LogP contribution is -2.50. The van der Waals surface area contributed by atoms with Crippen molar-refractivity contribution in [3.8, 4) is 5.75 Å². The average Bonchev–Trinajstić information content (AvgIpc) is 2.47. The largest absolute Gasteiger partial charge is 0.497 e. The molecule has 0 saturated carbocycles. The third-order valence-corrected chi connectivity index (χ3v) is 3.28. The number of hydrogen-bond donors (Lipinski definition) is 2. The Morgan fingerprint density at radius 2 is 2.21 bits per heavy atom. The Labute approximate surface area is 113 Å². The molecule has 1 aromatic carbocycles. The van der Waals surface area contributed by atoms with Crippen LogP contribution in [0, 0.1) is 0 Å². The molecule has 0 radical (unpaired) electrons. The van der Waals surface area contributed by atoms with Gasteiger partial charge in [0.2, 0.25) is 0 Å². The molecular weight excluding hydrogens is 244 g/mol. The number of ether oxygens (including phenoxy) is 1. The van der Waals surface area contributed by atoms with Crippen LogP contribution in [0.4, 0.5) is 0 Å². The van der Waals surface area contributed by atoms with Crippen molar-refractivity contribution in [3.63, 3.8) is 0 Å². The Morgan fingerprint density at radius 1 is 1.47 bits per heavy atom. The molecule has 19 heavy (non-hydrogen) atoms. The smallest absolute Gasteiger partial charge is 0.251 e. The van der Waals surface area contributed by atoms with E-state index < -0.39 is 6.10 Å². The topological polar surface area (TPSA) is 61.8 Å². The van der Waals surface area contributed by atoms with Crippen molar-refractivity contribution in [2.75, 3.05) is 33.3 Å². The van der Waals surface area contributed by atoms with E-state index in [0.29, 0.717) is 19.5 Å². The van der Waals surface area contributed by atoms with Crippen molar-refractivity contribution in [2.45, 2.75) is 12.5 Å². The van der Waals surface area contributed by atoms with Gasteiger partial charge >= 0.3 is 0 Å². The second-order valence-electron chi connectivity index (χ2n) is 4.65. The standard InChI is InChI=1S/C14H20N2O3/c1-19-12-4-2-3-11(9-12)10-13(17)14(18)16-7-5-15-6-8-16/h2-4,9,13,15,17H,5-8,10H2,1H3. The Kier molecular flexibility index (Phi) is 4.76. The molecule has 1 aliphatic rings. The van der Waals surface area contributed by atoms with Gasteiger partial charge in [0.1, 0.15) is 11.9 Å². The lowest BCUT2D eigenvalue weighted by Gasteiger charge is -2.29. The summed E-state index contributed by atoms with van der Waals surface area (Å²) in [5, 5.41) is 13.2. The quantitative estimate of drug-likeness (QED) is 0.805. The van der Waals surface area contributed by atoms with Crippen LogP contribution >= 0.6 is 0 Å². The lowest BCUT2D eigenvalue weighted by atomic mass is 10.1. The van der Waals surface area contributed by atoms with Gasteiger partial charge < -0.3 is 20.1 Å². The van der Waals surface area contributed by atoms with Gasteiger partial charge in [-0.25, -0.2) is 0 Å². The summed E-state index contributed by atoms with van der Waals surface area (Å²) in [5.74, 6) is 0.545. The second-order valence-corrected chi connectivity index (χ2v) is 4.65. The first kappa shape index (κ1) is 13.8. The van der Waals surface area contributed by atoms with E-state index in [4.69, 9.17) is 4.74 Å². The highest BCUT2D eigenvalue weighted by Crippen LogP contribution is 2.14. The summed E-state index contributed by atoms with van der Waals surface area (Å²) in [6.07, 6.45) is -0.662. The molecule has 0 aromatic heterocycles. The maximum absolute atomic E-state index is 12.1. The van der Waals surface area contributed by atoms with Gasteiger partial charge in [-0.05, 0) is 17.7 Å². The first-order valence-corrected chi connectivity index (χ1v) is 6.51. The third kappa shape index (κ3) is 3.68. The summed E-state index contributed by atoms with van der Waals surface area (Å²) in [6.45, 7) is 2.90. The minimum atomic E-state index is -0.981. The summed E-state index contributed by atoms with van der Waals surface area (Å²) >= 11 is 0. The van der Waals surface area contributed by atoms with Crippen molar-refractivity contribution in [3.05, 3.63) is 29.8 Å². The van der Waals surface area contributed by atoms with Gasteiger partial charge in [-0.3, -0.25) is 4.79 Å². The molecule has 2 N–H and O–H groups in total. The number of aliphatic hydroxyl groups is 1. The van der Waals surface area contributed by atoms with Crippen molar-refractivity contribution >= 4 is 5.91 Å². The van der Waals surface area contributed by atoms with E-state index in [2.05, 4.69) is 5.32 Å². The third-order valence-electron chi connectivity index (χ3n) is 3.28. The molecule has 2 rings (SSSR count). The molecule has 1 unspecified atom stereocenters. The van der Waals surface area contributed by atoms with E-state index >= 15 is 0 Å². The summed E-state index contributed by atoms with van der Waals surface area (Å²) in [5.41, 5.74) is 0.898. The number of carbonyl (C=O) groups is 1. The molecule has 0 aliphatic carbocycles. The number of aliphatic hydroxyl groups excluding tert-OH is 1. The number of rotatable bonds is 4. The van der Waals surface area contributed by atoms with Crippen LogP contribution in [-0.2, 0) is 11.2 Å². The van der Waals surface area contributed by atoms with Gasteiger partial charge in [-0.1, -0.05) is 12.1 Å². The Bertz CT molecular complexity index is 430. The van der Waals surface area contributed by atoms with Crippen LogP contribution in [0.25, 0.3) is 0 Å². The molecule has 1 atom stereocenters. The van der Waals surface area contributed by atoms with E-state index in [1.54, 1.807) is 12.0 Å². The molecule has 1 heterocycles. The minimum absolute atomic E-state index is 0.190. The maximum atomic E-state index is 12.1. The van der Waals surface area contributed by atoms with Crippen LogP contribution < -0.4 is 10.1 Å². The van der Waals surface area contributed by atoms with Crippen LogP contribution in [-0.4, -0.2) is 55.3 Å². The minimum Gasteiger partial charge on any atom is -0.497 e. The van der Waals surface area contributed by atoms with Crippen molar-refractivity contribution in [1.29, 1.82) is 0 Å². The maximum Gasteiger partial charge on any atom is 0.251 e. The Balaban J connectivity index is 1.95. The number of piperazine rings is 1. The summed E-state index contributed by atoms with van der Waals surface area (Å²) in [4.78, 5) is 13.8. The highest BCUT2D eigenvalue weighted by molar-refractivity contribution is 5.81. The fraction of sp³-hybridized carbons (Fsp3) is 0.500.